The number of hydrogen-bond donors (Lipinski definition) is 4. The van der Waals surface area contributed by atoms with Crippen LogP contribution in [0.25, 0.3) is 0 Å². The molecule has 0 bridgehead atoms. The van der Waals surface area contributed by atoms with Gasteiger partial charge < -0.3 is 21.7 Å². The molecule has 0 saturated heterocycles. The second-order valence-corrected chi connectivity index (χ2v) is 1.90. The van der Waals surface area contributed by atoms with Gasteiger partial charge in [-0.25, -0.2) is 0 Å². The monoisotopic (exact) mass is 160 g/mol. The second kappa shape index (κ2) is 5.63. The van der Waals surface area contributed by atoms with E-state index in [1.54, 1.807) is 0 Å². The van der Waals surface area contributed by atoms with Gasteiger partial charge in [0.1, 0.15) is 0 Å². The highest BCUT2D eigenvalue weighted by Gasteiger charge is 1.96. The summed E-state index contributed by atoms with van der Waals surface area (Å²) in [6.45, 7) is -0.298. The summed E-state index contributed by atoms with van der Waals surface area (Å²) in [5, 5.41) is 23.8. The van der Waals surface area contributed by atoms with Crippen molar-refractivity contribution in [3.63, 3.8) is 0 Å². The van der Waals surface area contributed by atoms with Crippen LogP contribution in [0.15, 0.2) is 10.2 Å². The Morgan fingerprint density at radius 2 is 2.18 bits per heavy atom. The molecule has 1 atom stereocenters. The molecule has 0 saturated carbocycles. The van der Waals surface area contributed by atoms with Crippen LogP contribution < -0.4 is 11.5 Å². The molecule has 0 aromatic rings. The van der Waals surface area contributed by atoms with E-state index in [4.69, 9.17) is 21.7 Å². The zero-order valence-electron chi connectivity index (χ0n) is 6.01. The summed E-state index contributed by atoms with van der Waals surface area (Å²) < 4.78 is 0. The van der Waals surface area contributed by atoms with Crippen LogP contribution >= 0.6 is 0 Å². The van der Waals surface area contributed by atoms with E-state index < -0.39 is 6.10 Å². The Morgan fingerprint density at radius 3 is 2.64 bits per heavy atom. The summed E-state index contributed by atoms with van der Waals surface area (Å²) in [5.74, 6) is -0.139. The van der Waals surface area contributed by atoms with Crippen LogP contribution in [0.3, 0.4) is 0 Å². The number of nitrogens with two attached hydrogens (primary N) is 2. The number of nitrogens with zero attached hydrogens (tertiary/aromatic N) is 2. The molecule has 6 heteroatoms. The van der Waals surface area contributed by atoms with Gasteiger partial charge in [-0.1, -0.05) is 0 Å². The van der Waals surface area contributed by atoms with Gasteiger partial charge in [0.25, 0.3) is 0 Å². The first-order valence-electron chi connectivity index (χ1n) is 3.06. The maximum absolute atomic E-state index is 8.77. The lowest BCUT2D eigenvalue weighted by atomic mass is 10.3. The third kappa shape index (κ3) is 6.75. The summed E-state index contributed by atoms with van der Waals surface area (Å²) in [6.07, 6.45) is 0.751. The lowest BCUT2D eigenvalue weighted by Gasteiger charge is -1.98. The molecule has 6 nitrogen and oxygen atoms in total. The van der Waals surface area contributed by atoms with Gasteiger partial charge >= 0.3 is 0 Å². The van der Waals surface area contributed by atoms with E-state index in [0.29, 0.717) is 0 Å². The maximum Gasteiger partial charge on any atom is 0.211 e. The average molecular weight is 160 g/mol. The van der Waals surface area contributed by atoms with Crippen molar-refractivity contribution in [3.05, 3.63) is 0 Å². The van der Waals surface area contributed by atoms with Crippen LogP contribution in [0, 0.1) is 0 Å². The highest BCUT2D eigenvalue weighted by Crippen LogP contribution is 1.85. The molecule has 0 spiro atoms. The van der Waals surface area contributed by atoms with Crippen LogP contribution in [0.1, 0.15) is 6.42 Å². The van der Waals surface area contributed by atoms with Crippen molar-refractivity contribution >= 4 is 12.2 Å². The highest BCUT2D eigenvalue weighted by molar-refractivity contribution is 5.76. The SMILES string of the molecule is NC(N)=N/N=C/CC(O)CO. The standard InChI is InChI=1S/C5H12N4O2/c6-5(7)9-8-2-1-4(11)3-10/h2,4,10-11H,1,3H2,(H4,6,7,9)/b8-2+. The van der Waals surface area contributed by atoms with Gasteiger partial charge in [-0.3, -0.25) is 0 Å². The third-order valence-corrected chi connectivity index (χ3v) is 0.843. The van der Waals surface area contributed by atoms with E-state index in [1.165, 1.54) is 6.21 Å². The fraction of sp³-hybridized carbons (Fsp3) is 0.600. The summed E-state index contributed by atoms with van der Waals surface area (Å²) in [6, 6.07) is 0. The number of rotatable bonds is 4. The van der Waals surface area contributed by atoms with Crippen molar-refractivity contribution in [3.8, 4) is 0 Å². The molecule has 0 radical (unpaired) electrons. The first-order valence-corrected chi connectivity index (χ1v) is 3.06. The first-order chi connectivity index (χ1) is 5.16. The molecule has 0 aliphatic heterocycles. The fourth-order valence-electron chi connectivity index (χ4n) is 0.351. The molecule has 0 heterocycles. The van der Waals surface area contributed by atoms with E-state index in [9.17, 15) is 0 Å². The Hall–Kier alpha value is -1.14. The molecule has 6 N–H and O–H groups in total. The summed E-state index contributed by atoms with van der Waals surface area (Å²) in [4.78, 5) is 0. The quantitative estimate of drug-likeness (QED) is 0.216. The molecule has 0 rings (SSSR count). The van der Waals surface area contributed by atoms with Crippen molar-refractivity contribution in [2.75, 3.05) is 6.61 Å². The number of aliphatic hydroxyl groups excluding tert-OH is 2. The van der Waals surface area contributed by atoms with Gasteiger partial charge in [0.2, 0.25) is 5.96 Å². The van der Waals surface area contributed by atoms with Crippen molar-refractivity contribution < 1.29 is 10.2 Å². The fourth-order valence-corrected chi connectivity index (χ4v) is 0.351. The minimum absolute atomic E-state index is 0.139. The molecule has 0 aliphatic carbocycles. The number of guanidine groups is 1. The van der Waals surface area contributed by atoms with Crippen molar-refractivity contribution in [2.24, 2.45) is 21.7 Å². The molecule has 0 aromatic heterocycles. The Kier molecular flexibility index (Phi) is 5.05. The Morgan fingerprint density at radius 1 is 1.55 bits per heavy atom. The van der Waals surface area contributed by atoms with E-state index in [-0.39, 0.29) is 19.0 Å². The van der Waals surface area contributed by atoms with E-state index >= 15 is 0 Å². The maximum atomic E-state index is 8.77. The lowest BCUT2D eigenvalue weighted by molar-refractivity contribution is 0.102. The van der Waals surface area contributed by atoms with Gasteiger partial charge in [-0.15, -0.1) is 5.10 Å². The molecule has 0 aliphatic rings. The second-order valence-electron chi connectivity index (χ2n) is 1.90. The summed E-state index contributed by atoms with van der Waals surface area (Å²) in [5.41, 5.74) is 9.89. The van der Waals surface area contributed by atoms with Crippen LogP contribution in [0.4, 0.5) is 0 Å². The van der Waals surface area contributed by atoms with Gasteiger partial charge in [0, 0.05) is 12.6 Å². The minimum atomic E-state index is -0.798. The van der Waals surface area contributed by atoms with Crippen LogP contribution in [0.2, 0.25) is 0 Å². The average Bonchev–Trinajstić information content (AvgIpc) is 1.97. The normalized spacial score (nSPS) is 13.3. The highest BCUT2D eigenvalue weighted by atomic mass is 16.3. The van der Waals surface area contributed by atoms with Gasteiger partial charge in [-0.05, 0) is 0 Å². The Labute approximate surface area is 64.2 Å². The molecule has 11 heavy (non-hydrogen) atoms. The van der Waals surface area contributed by atoms with Crippen LogP contribution in [-0.4, -0.2) is 35.1 Å². The molecule has 64 valence electrons. The number of aliphatic hydroxyl groups is 2. The van der Waals surface area contributed by atoms with E-state index in [1.807, 2.05) is 0 Å². The van der Waals surface area contributed by atoms with Crippen LogP contribution in [0.5, 0.6) is 0 Å². The lowest BCUT2D eigenvalue weighted by Crippen LogP contribution is -2.21. The van der Waals surface area contributed by atoms with Crippen LogP contribution in [-0.2, 0) is 0 Å². The Balaban J connectivity index is 3.52. The summed E-state index contributed by atoms with van der Waals surface area (Å²) in [7, 11) is 0. The molecular formula is C5H12N4O2. The zero-order valence-corrected chi connectivity index (χ0v) is 6.01. The van der Waals surface area contributed by atoms with Crippen molar-refractivity contribution in [1.82, 2.24) is 0 Å². The predicted octanol–water partition coefficient (Wildman–Crippen LogP) is -2.01. The third-order valence-electron chi connectivity index (χ3n) is 0.843. The van der Waals surface area contributed by atoms with Gasteiger partial charge in [-0.2, -0.15) is 5.10 Å². The largest absolute Gasteiger partial charge is 0.394 e. The van der Waals surface area contributed by atoms with Crippen molar-refractivity contribution in [1.29, 1.82) is 0 Å². The molecule has 1 unspecified atom stereocenters. The van der Waals surface area contributed by atoms with Gasteiger partial charge in [0.15, 0.2) is 0 Å². The molecule has 0 aromatic carbocycles. The topological polar surface area (TPSA) is 117 Å². The Bertz CT molecular complexity index is 153. The minimum Gasteiger partial charge on any atom is -0.394 e. The predicted molar refractivity (Wildman–Crippen MR) is 42.0 cm³/mol. The molecule has 0 amide bonds. The van der Waals surface area contributed by atoms with E-state index in [2.05, 4.69) is 10.2 Å². The molecular weight excluding hydrogens is 148 g/mol. The first kappa shape index (κ1) is 9.86. The zero-order chi connectivity index (χ0) is 8.69. The smallest absolute Gasteiger partial charge is 0.211 e. The summed E-state index contributed by atoms with van der Waals surface area (Å²) >= 11 is 0. The van der Waals surface area contributed by atoms with Gasteiger partial charge in [0.05, 0.1) is 12.7 Å². The van der Waals surface area contributed by atoms with Crippen molar-refractivity contribution in [2.45, 2.75) is 12.5 Å². The number of hydrogen-bond acceptors (Lipinski definition) is 4. The van der Waals surface area contributed by atoms with E-state index in [0.717, 1.165) is 0 Å². The molecule has 0 fully saturated rings.